The van der Waals surface area contributed by atoms with Gasteiger partial charge in [-0.2, -0.15) is 0 Å². The second-order valence-corrected chi connectivity index (χ2v) is 7.00. The van der Waals surface area contributed by atoms with E-state index in [1.54, 1.807) is 4.90 Å². The summed E-state index contributed by atoms with van der Waals surface area (Å²) in [5.74, 6) is -0.148. The summed E-state index contributed by atoms with van der Waals surface area (Å²) in [6.07, 6.45) is 4.32. The summed E-state index contributed by atoms with van der Waals surface area (Å²) >= 11 is 5.98. The fourth-order valence-electron chi connectivity index (χ4n) is 4.22. The largest absolute Gasteiger partial charge is 0.459 e. The summed E-state index contributed by atoms with van der Waals surface area (Å²) in [6, 6.07) is 7.22. The van der Waals surface area contributed by atoms with Gasteiger partial charge in [-0.1, -0.05) is 36.6 Å². The monoisotopic (exact) mass is 319 g/mol. The van der Waals surface area contributed by atoms with Gasteiger partial charge in [0.15, 0.2) is 0 Å². The van der Waals surface area contributed by atoms with Gasteiger partial charge in [-0.25, -0.2) is 4.79 Å². The van der Waals surface area contributed by atoms with Gasteiger partial charge in [-0.05, 0) is 30.5 Å². The fourth-order valence-corrected chi connectivity index (χ4v) is 4.35. The molecule has 1 aromatic rings. The van der Waals surface area contributed by atoms with E-state index in [4.69, 9.17) is 16.3 Å². The minimum Gasteiger partial charge on any atom is -0.459 e. The van der Waals surface area contributed by atoms with E-state index >= 15 is 0 Å². The smallest absolute Gasteiger partial charge is 0.329 e. The van der Waals surface area contributed by atoms with E-state index in [1.165, 1.54) is 0 Å². The van der Waals surface area contributed by atoms with Crippen molar-refractivity contribution in [3.63, 3.8) is 0 Å². The van der Waals surface area contributed by atoms with Gasteiger partial charge in [0, 0.05) is 11.4 Å². The maximum Gasteiger partial charge on any atom is 0.329 e. The second kappa shape index (κ2) is 4.98. The van der Waals surface area contributed by atoms with E-state index in [9.17, 15) is 9.59 Å². The van der Waals surface area contributed by atoms with Gasteiger partial charge in [0.1, 0.15) is 12.1 Å². The van der Waals surface area contributed by atoms with Crippen LogP contribution in [0.2, 0.25) is 5.02 Å². The van der Waals surface area contributed by atoms with Crippen LogP contribution in [0.15, 0.2) is 24.3 Å². The standard InChI is InChI=1S/C17H18ClNO3/c18-12-5-3-11(4-6-12)17(7-1-2-8-17)16(21)19-10-13-9-14(19)15(20)22-13/h3-6,13-14H,1-2,7-10H2/t13-,14+/m0/s1. The molecule has 2 atom stereocenters. The summed E-state index contributed by atoms with van der Waals surface area (Å²) in [7, 11) is 0. The first kappa shape index (κ1) is 14.1. The molecule has 5 heteroatoms. The van der Waals surface area contributed by atoms with Crippen molar-refractivity contribution in [1.82, 2.24) is 4.90 Å². The molecule has 0 N–H and O–H groups in total. The Balaban J connectivity index is 1.69. The molecule has 0 aromatic heterocycles. The maximum absolute atomic E-state index is 13.3. The number of amides is 1. The van der Waals surface area contributed by atoms with Gasteiger partial charge in [0.25, 0.3) is 0 Å². The molecule has 0 unspecified atom stereocenters. The molecular weight excluding hydrogens is 302 g/mol. The Hall–Kier alpha value is -1.55. The zero-order chi connectivity index (χ0) is 15.3. The predicted octanol–water partition coefficient (Wildman–Crippen LogP) is 2.68. The minimum atomic E-state index is -0.491. The lowest BCUT2D eigenvalue weighted by Gasteiger charge is -2.36. The average molecular weight is 320 g/mol. The first-order valence-electron chi connectivity index (χ1n) is 7.88. The molecule has 1 saturated carbocycles. The molecule has 0 radical (unpaired) electrons. The number of esters is 1. The van der Waals surface area contributed by atoms with Gasteiger partial charge in [0.05, 0.1) is 12.0 Å². The number of ether oxygens (including phenoxy) is 1. The lowest BCUT2D eigenvalue weighted by molar-refractivity contribution is -0.159. The summed E-state index contributed by atoms with van der Waals surface area (Å²) in [4.78, 5) is 26.9. The zero-order valence-electron chi connectivity index (χ0n) is 12.3. The van der Waals surface area contributed by atoms with Crippen LogP contribution in [0.3, 0.4) is 0 Å². The molecule has 4 nitrogen and oxygen atoms in total. The predicted molar refractivity (Wildman–Crippen MR) is 81.6 cm³/mol. The number of benzene rings is 1. The average Bonchev–Trinajstić information content (AvgIpc) is 3.22. The van der Waals surface area contributed by atoms with Gasteiger partial charge in [0.2, 0.25) is 5.91 Å². The Bertz CT molecular complexity index is 621. The summed E-state index contributed by atoms with van der Waals surface area (Å²) in [6.45, 7) is 0.546. The number of halogens is 1. The molecule has 2 saturated heterocycles. The molecule has 3 aliphatic rings. The Labute approximate surface area is 134 Å². The van der Waals surface area contributed by atoms with E-state index < -0.39 is 5.41 Å². The van der Waals surface area contributed by atoms with Crippen molar-refractivity contribution in [3.05, 3.63) is 34.9 Å². The van der Waals surface area contributed by atoms with Crippen molar-refractivity contribution >= 4 is 23.5 Å². The molecule has 1 aromatic carbocycles. The topological polar surface area (TPSA) is 46.6 Å². The van der Waals surface area contributed by atoms with Crippen molar-refractivity contribution in [1.29, 1.82) is 0 Å². The molecule has 1 amide bonds. The second-order valence-electron chi connectivity index (χ2n) is 6.56. The van der Waals surface area contributed by atoms with E-state index in [0.29, 0.717) is 18.0 Å². The highest BCUT2D eigenvalue weighted by atomic mass is 35.5. The van der Waals surface area contributed by atoms with Crippen molar-refractivity contribution in [3.8, 4) is 0 Å². The number of nitrogens with zero attached hydrogens (tertiary/aromatic N) is 1. The molecule has 22 heavy (non-hydrogen) atoms. The van der Waals surface area contributed by atoms with Crippen LogP contribution in [0, 0.1) is 0 Å². The lowest BCUT2D eigenvalue weighted by Crippen LogP contribution is -2.52. The molecule has 3 fully saturated rings. The maximum atomic E-state index is 13.3. The van der Waals surface area contributed by atoms with Crippen LogP contribution in [0.4, 0.5) is 0 Å². The van der Waals surface area contributed by atoms with Crippen molar-refractivity contribution in [2.75, 3.05) is 6.54 Å². The van der Waals surface area contributed by atoms with E-state index in [0.717, 1.165) is 31.2 Å². The van der Waals surface area contributed by atoms with Crippen LogP contribution >= 0.6 is 11.6 Å². The third kappa shape index (κ3) is 1.97. The summed E-state index contributed by atoms with van der Waals surface area (Å²) in [5, 5.41) is 0.674. The summed E-state index contributed by atoms with van der Waals surface area (Å²) in [5.41, 5.74) is 0.533. The number of hydrogen-bond donors (Lipinski definition) is 0. The molecular formula is C17H18ClNO3. The fraction of sp³-hybridized carbons (Fsp3) is 0.529. The van der Waals surface area contributed by atoms with Gasteiger partial charge < -0.3 is 9.64 Å². The molecule has 2 heterocycles. The van der Waals surface area contributed by atoms with Gasteiger partial charge in [-0.15, -0.1) is 0 Å². The molecule has 0 spiro atoms. The van der Waals surface area contributed by atoms with Gasteiger partial charge >= 0.3 is 5.97 Å². The third-order valence-electron chi connectivity index (χ3n) is 5.34. The zero-order valence-corrected chi connectivity index (χ0v) is 13.0. The molecule has 1 aliphatic carbocycles. The van der Waals surface area contributed by atoms with Crippen molar-refractivity contribution in [2.24, 2.45) is 0 Å². The number of carbonyl (C=O) groups is 2. The first-order valence-corrected chi connectivity index (χ1v) is 8.25. The number of fused-ring (bicyclic) bond motifs is 2. The Kier molecular flexibility index (Phi) is 3.19. The van der Waals surface area contributed by atoms with Crippen LogP contribution in [0.1, 0.15) is 37.7 Å². The van der Waals surface area contributed by atoms with Gasteiger partial charge in [-0.3, -0.25) is 4.79 Å². The van der Waals surface area contributed by atoms with Crippen LogP contribution in [0.25, 0.3) is 0 Å². The number of morpholine rings is 1. The first-order chi connectivity index (χ1) is 10.6. The minimum absolute atomic E-state index is 0.0940. The Morgan fingerprint density at radius 1 is 1.23 bits per heavy atom. The van der Waals surface area contributed by atoms with Crippen molar-refractivity contribution < 1.29 is 14.3 Å². The van der Waals surface area contributed by atoms with Crippen LogP contribution in [-0.2, 0) is 19.7 Å². The van der Waals surface area contributed by atoms with Crippen LogP contribution in [0.5, 0.6) is 0 Å². The highest BCUT2D eigenvalue weighted by Crippen LogP contribution is 2.45. The van der Waals surface area contributed by atoms with E-state index in [2.05, 4.69) is 0 Å². The van der Waals surface area contributed by atoms with Crippen LogP contribution < -0.4 is 0 Å². The molecule has 116 valence electrons. The Morgan fingerprint density at radius 2 is 1.91 bits per heavy atom. The highest BCUT2D eigenvalue weighted by molar-refractivity contribution is 6.30. The highest BCUT2D eigenvalue weighted by Gasteiger charge is 2.54. The molecule has 2 aliphatic heterocycles. The third-order valence-corrected chi connectivity index (χ3v) is 5.59. The Morgan fingerprint density at radius 3 is 2.50 bits per heavy atom. The molecule has 2 bridgehead atoms. The summed E-state index contributed by atoms with van der Waals surface area (Å²) < 4.78 is 5.21. The quantitative estimate of drug-likeness (QED) is 0.787. The number of rotatable bonds is 2. The SMILES string of the molecule is O=C1O[C@H]2C[C@H]1N(C(=O)C1(c3ccc(Cl)cc3)CCCC1)C2. The number of likely N-dealkylation sites (tertiary alicyclic amines) is 1. The lowest BCUT2D eigenvalue weighted by atomic mass is 9.77. The molecule has 4 rings (SSSR count). The van der Waals surface area contributed by atoms with E-state index in [-0.39, 0.29) is 24.0 Å². The van der Waals surface area contributed by atoms with Crippen molar-refractivity contribution in [2.45, 2.75) is 49.7 Å². The number of carbonyl (C=O) groups excluding carboxylic acids is 2. The normalized spacial score (nSPS) is 29.0. The number of hydrogen-bond acceptors (Lipinski definition) is 3. The van der Waals surface area contributed by atoms with Crippen LogP contribution in [-0.4, -0.2) is 35.5 Å². The van der Waals surface area contributed by atoms with E-state index in [1.807, 2.05) is 24.3 Å².